The highest BCUT2D eigenvalue weighted by atomic mass is 79.9. The zero-order valence-electron chi connectivity index (χ0n) is 12.8. The summed E-state index contributed by atoms with van der Waals surface area (Å²) in [6, 6.07) is 14.8. The van der Waals surface area contributed by atoms with Crippen LogP contribution in [0.5, 0.6) is 0 Å². The van der Waals surface area contributed by atoms with Crippen LogP contribution in [-0.2, 0) is 22.7 Å². The summed E-state index contributed by atoms with van der Waals surface area (Å²) in [7, 11) is 0. The average molecular weight is 387 g/mol. The highest BCUT2D eigenvalue weighted by Crippen LogP contribution is 2.13. The number of fused-ring (bicyclic) bond motifs is 1. The number of carbonyl (C=O) groups is 1. The molecule has 0 aliphatic heterocycles. The number of para-hydroxylation sites is 1. The molecule has 5 nitrogen and oxygen atoms in total. The van der Waals surface area contributed by atoms with Gasteiger partial charge < -0.3 is 4.74 Å². The van der Waals surface area contributed by atoms with E-state index < -0.39 is 0 Å². The third kappa shape index (κ3) is 3.89. The summed E-state index contributed by atoms with van der Waals surface area (Å²) in [5.74, 6) is -0.306. The summed E-state index contributed by atoms with van der Waals surface area (Å²) in [6.07, 6.45) is 1.46. The van der Waals surface area contributed by atoms with Crippen molar-refractivity contribution in [1.29, 1.82) is 0 Å². The quantitative estimate of drug-likeness (QED) is 0.631. The number of carbonyl (C=O) groups excluding carboxylic acids is 1. The van der Waals surface area contributed by atoms with E-state index in [4.69, 9.17) is 4.74 Å². The number of halogens is 1. The van der Waals surface area contributed by atoms with Gasteiger partial charge in [-0.05, 0) is 29.8 Å². The lowest BCUT2D eigenvalue weighted by atomic mass is 10.2. The fraction of sp³-hybridized carbons (Fsp3) is 0.167. The Morgan fingerprint density at radius 1 is 1.17 bits per heavy atom. The van der Waals surface area contributed by atoms with Crippen molar-refractivity contribution in [3.05, 3.63) is 75.0 Å². The molecule has 0 fully saturated rings. The SMILES string of the molecule is O=C(CCn1ncc(=O)c2ccccc21)OCc1cccc(Br)c1. The van der Waals surface area contributed by atoms with Crippen molar-refractivity contribution in [2.75, 3.05) is 0 Å². The van der Waals surface area contributed by atoms with Gasteiger partial charge in [0.15, 0.2) is 0 Å². The third-order valence-corrected chi connectivity index (χ3v) is 4.07. The van der Waals surface area contributed by atoms with Crippen LogP contribution in [0, 0.1) is 0 Å². The predicted molar refractivity (Wildman–Crippen MR) is 94.6 cm³/mol. The number of aryl methyl sites for hydroxylation is 1. The maximum atomic E-state index is 11.9. The van der Waals surface area contributed by atoms with E-state index in [-0.39, 0.29) is 24.4 Å². The van der Waals surface area contributed by atoms with Gasteiger partial charge in [0.2, 0.25) is 5.43 Å². The zero-order valence-corrected chi connectivity index (χ0v) is 14.4. The molecular formula is C18H15BrN2O3. The summed E-state index contributed by atoms with van der Waals surface area (Å²) in [4.78, 5) is 23.7. The molecule has 0 aliphatic carbocycles. The molecule has 0 aliphatic rings. The molecule has 0 spiro atoms. The van der Waals surface area contributed by atoms with Crippen molar-refractivity contribution in [2.24, 2.45) is 0 Å². The predicted octanol–water partition coefficient (Wildman–Crippen LogP) is 3.29. The Hall–Kier alpha value is -2.47. The van der Waals surface area contributed by atoms with E-state index in [9.17, 15) is 9.59 Å². The van der Waals surface area contributed by atoms with Gasteiger partial charge in [-0.1, -0.05) is 40.2 Å². The van der Waals surface area contributed by atoms with Crippen molar-refractivity contribution in [3.8, 4) is 0 Å². The van der Waals surface area contributed by atoms with E-state index in [2.05, 4.69) is 21.0 Å². The van der Waals surface area contributed by atoms with Gasteiger partial charge >= 0.3 is 5.97 Å². The Kier molecular flexibility index (Phi) is 5.05. The largest absolute Gasteiger partial charge is 0.461 e. The Balaban J connectivity index is 1.63. The molecule has 0 N–H and O–H groups in total. The zero-order chi connectivity index (χ0) is 16.9. The molecule has 0 amide bonds. The third-order valence-electron chi connectivity index (χ3n) is 3.58. The van der Waals surface area contributed by atoms with Gasteiger partial charge in [-0.3, -0.25) is 14.3 Å². The molecule has 6 heteroatoms. The maximum Gasteiger partial charge on any atom is 0.308 e. The van der Waals surface area contributed by atoms with Gasteiger partial charge in [-0.25, -0.2) is 0 Å². The smallest absolute Gasteiger partial charge is 0.308 e. The van der Waals surface area contributed by atoms with Crippen molar-refractivity contribution in [1.82, 2.24) is 9.78 Å². The number of ether oxygens (including phenoxy) is 1. The minimum atomic E-state index is -0.306. The van der Waals surface area contributed by atoms with Gasteiger partial charge in [-0.15, -0.1) is 0 Å². The fourth-order valence-corrected chi connectivity index (χ4v) is 2.85. The van der Waals surface area contributed by atoms with E-state index >= 15 is 0 Å². The number of aromatic nitrogens is 2. The minimum Gasteiger partial charge on any atom is -0.461 e. The molecule has 2 aromatic carbocycles. The molecule has 0 radical (unpaired) electrons. The number of hydrogen-bond acceptors (Lipinski definition) is 4. The summed E-state index contributed by atoms with van der Waals surface area (Å²) in [6.45, 7) is 0.592. The van der Waals surface area contributed by atoms with Gasteiger partial charge in [-0.2, -0.15) is 5.10 Å². The monoisotopic (exact) mass is 386 g/mol. The van der Waals surface area contributed by atoms with Crippen LogP contribution in [0.1, 0.15) is 12.0 Å². The first-order valence-corrected chi connectivity index (χ1v) is 8.28. The van der Waals surface area contributed by atoms with Crippen LogP contribution in [0.25, 0.3) is 10.9 Å². The van der Waals surface area contributed by atoms with E-state index in [0.717, 1.165) is 10.0 Å². The van der Waals surface area contributed by atoms with E-state index in [1.165, 1.54) is 6.20 Å². The first-order valence-electron chi connectivity index (χ1n) is 7.48. The fourth-order valence-electron chi connectivity index (χ4n) is 2.40. The summed E-state index contributed by atoms with van der Waals surface area (Å²) in [5, 5.41) is 4.69. The molecule has 3 rings (SSSR count). The van der Waals surface area contributed by atoms with Gasteiger partial charge in [0, 0.05) is 9.86 Å². The van der Waals surface area contributed by atoms with Crippen molar-refractivity contribution in [2.45, 2.75) is 19.6 Å². The van der Waals surface area contributed by atoms with Gasteiger partial charge in [0.25, 0.3) is 0 Å². The molecular weight excluding hydrogens is 372 g/mol. The Bertz CT molecular complexity index is 937. The van der Waals surface area contributed by atoms with E-state index in [0.29, 0.717) is 17.4 Å². The van der Waals surface area contributed by atoms with Crippen molar-refractivity contribution >= 4 is 32.8 Å². The lowest BCUT2D eigenvalue weighted by molar-refractivity contribution is -0.145. The average Bonchev–Trinajstić information content (AvgIpc) is 2.60. The highest BCUT2D eigenvalue weighted by Gasteiger charge is 2.08. The first kappa shape index (κ1) is 16.4. The van der Waals surface area contributed by atoms with Gasteiger partial charge in [0.05, 0.1) is 24.7 Å². The minimum absolute atomic E-state index is 0.126. The maximum absolute atomic E-state index is 11.9. The molecule has 0 saturated heterocycles. The van der Waals surface area contributed by atoms with Crippen LogP contribution in [0.15, 0.2) is 64.0 Å². The molecule has 0 bridgehead atoms. The summed E-state index contributed by atoms with van der Waals surface area (Å²) in [5.41, 5.74) is 1.51. The second-order valence-electron chi connectivity index (χ2n) is 5.29. The molecule has 1 heterocycles. The lowest BCUT2D eigenvalue weighted by Gasteiger charge is -2.09. The molecule has 3 aromatic rings. The number of nitrogens with zero attached hydrogens (tertiary/aromatic N) is 2. The molecule has 24 heavy (non-hydrogen) atoms. The standard InChI is InChI=1S/C18H15BrN2O3/c19-14-5-3-4-13(10-14)12-24-18(23)8-9-21-16-7-2-1-6-15(16)17(22)11-20-21/h1-7,10-11H,8-9,12H2. The second kappa shape index (κ2) is 7.40. The summed E-state index contributed by atoms with van der Waals surface area (Å²) < 4.78 is 7.87. The number of hydrogen-bond donors (Lipinski definition) is 0. The molecule has 122 valence electrons. The van der Waals surface area contributed by atoms with E-state index in [1.54, 1.807) is 16.8 Å². The summed E-state index contributed by atoms with van der Waals surface area (Å²) >= 11 is 3.38. The Morgan fingerprint density at radius 2 is 2.00 bits per heavy atom. The van der Waals surface area contributed by atoms with Crippen LogP contribution in [0.3, 0.4) is 0 Å². The normalized spacial score (nSPS) is 10.7. The van der Waals surface area contributed by atoms with Crippen molar-refractivity contribution in [3.63, 3.8) is 0 Å². The number of rotatable bonds is 5. The molecule has 0 unspecified atom stereocenters. The molecule has 0 atom stereocenters. The van der Waals surface area contributed by atoms with E-state index in [1.807, 2.05) is 36.4 Å². The number of esters is 1. The van der Waals surface area contributed by atoms with Crippen LogP contribution in [0.4, 0.5) is 0 Å². The first-order chi connectivity index (χ1) is 11.6. The Labute approximate surface area is 147 Å². The molecule has 1 aromatic heterocycles. The number of benzene rings is 2. The molecule has 0 saturated carbocycles. The van der Waals surface area contributed by atoms with Crippen LogP contribution in [0.2, 0.25) is 0 Å². The topological polar surface area (TPSA) is 61.2 Å². The lowest BCUT2D eigenvalue weighted by Crippen LogP contribution is -2.15. The second-order valence-corrected chi connectivity index (χ2v) is 6.21. The Morgan fingerprint density at radius 3 is 2.83 bits per heavy atom. The van der Waals surface area contributed by atoms with Crippen LogP contribution < -0.4 is 5.43 Å². The van der Waals surface area contributed by atoms with Gasteiger partial charge in [0.1, 0.15) is 6.61 Å². The van der Waals surface area contributed by atoms with Crippen molar-refractivity contribution < 1.29 is 9.53 Å². The highest BCUT2D eigenvalue weighted by molar-refractivity contribution is 9.10. The van der Waals surface area contributed by atoms with Crippen LogP contribution >= 0.6 is 15.9 Å². The van der Waals surface area contributed by atoms with Crippen LogP contribution in [-0.4, -0.2) is 15.7 Å².